The summed E-state index contributed by atoms with van der Waals surface area (Å²) in [4.78, 5) is 12.6. The van der Waals surface area contributed by atoms with Crippen LogP contribution in [0.4, 0.5) is 5.82 Å². The van der Waals surface area contributed by atoms with Crippen LogP contribution in [0.25, 0.3) is 0 Å². The number of hydrogen-bond acceptors (Lipinski definition) is 4. The van der Waals surface area contributed by atoms with E-state index in [0.717, 1.165) is 41.6 Å². The zero-order chi connectivity index (χ0) is 17.6. The van der Waals surface area contributed by atoms with Crippen LogP contribution in [0.2, 0.25) is 5.02 Å². The number of aliphatic imine (C=N–C) groups is 1. The van der Waals surface area contributed by atoms with Gasteiger partial charge in [-0.3, -0.25) is 0 Å². The Labute approximate surface area is 188 Å². The lowest BCUT2D eigenvalue weighted by atomic mass is 10.3. The van der Waals surface area contributed by atoms with Gasteiger partial charge in [0, 0.05) is 36.8 Å². The highest BCUT2D eigenvalue weighted by Gasteiger charge is 2.25. The third kappa shape index (κ3) is 5.97. The molecule has 0 bridgehead atoms. The van der Waals surface area contributed by atoms with Crippen LogP contribution in [0.3, 0.4) is 0 Å². The molecular weight excluding hydrogens is 549 g/mol. The van der Waals surface area contributed by atoms with Crippen LogP contribution in [0.5, 0.6) is 0 Å². The summed E-state index contributed by atoms with van der Waals surface area (Å²) in [5.74, 6) is 1.71. The molecule has 2 N–H and O–H groups in total. The van der Waals surface area contributed by atoms with Gasteiger partial charge in [0.05, 0.1) is 15.4 Å². The maximum Gasteiger partial charge on any atom is 0.191 e. The van der Waals surface area contributed by atoms with Gasteiger partial charge in [0.25, 0.3) is 0 Å². The summed E-state index contributed by atoms with van der Waals surface area (Å²) in [6.07, 6.45) is 2.81. The molecule has 5 nitrogen and oxygen atoms in total. The molecule has 3 heterocycles. The minimum atomic E-state index is 0. The lowest BCUT2D eigenvalue weighted by molar-refractivity contribution is 0.649. The molecule has 1 aliphatic heterocycles. The van der Waals surface area contributed by atoms with Gasteiger partial charge in [-0.2, -0.15) is 0 Å². The Balaban J connectivity index is 0.00000243. The van der Waals surface area contributed by atoms with Crippen LogP contribution in [0, 0.1) is 0 Å². The molecule has 0 radical (unpaired) electrons. The fraction of sp³-hybridized carbons (Fsp3) is 0.412. The fourth-order valence-corrected chi connectivity index (χ4v) is 4.44. The third-order valence-corrected chi connectivity index (χ3v) is 5.84. The van der Waals surface area contributed by atoms with Crippen molar-refractivity contribution in [1.82, 2.24) is 15.6 Å². The van der Waals surface area contributed by atoms with E-state index in [2.05, 4.69) is 55.5 Å². The summed E-state index contributed by atoms with van der Waals surface area (Å²) in [5.41, 5.74) is 0. The van der Waals surface area contributed by atoms with Gasteiger partial charge in [-0.1, -0.05) is 11.6 Å². The summed E-state index contributed by atoms with van der Waals surface area (Å²) < 4.78 is 1.13. The predicted molar refractivity (Wildman–Crippen MR) is 125 cm³/mol. The first-order valence-corrected chi connectivity index (χ1v) is 10.3. The van der Waals surface area contributed by atoms with Gasteiger partial charge in [0.2, 0.25) is 0 Å². The monoisotopic (exact) mass is 569 g/mol. The topological polar surface area (TPSA) is 52.6 Å². The van der Waals surface area contributed by atoms with E-state index < -0.39 is 0 Å². The summed E-state index contributed by atoms with van der Waals surface area (Å²) in [6.45, 7) is 5.39. The Hall–Kier alpha value is -0.580. The first-order chi connectivity index (χ1) is 12.2. The number of anilines is 1. The SMILES string of the molecule is CCNC(=NCc1ccc(Br)s1)NC1CCN(c2ncccc2Cl)C1.I. The fourth-order valence-electron chi connectivity index (χ4n) is 2.79. The van der Waals surface area contributed by atoms with Gasteiger partial charge in [-0.05, 0) is 53.5 Å². The predicted octanol–water partition coefficient (Wildman–Crippen LogP) is 4.51. The number of nitrogens with zero attached hydrogens (tertiary/aromatic N) is 3. The van der Waals surface area contributed by atoms with Crippen molar-refractivity contribution in [3.63, 3.8) is 0 Å². The number of pyridine rings is 1. The van der Waals surface area contributed by atoms with E-state index in [0.29, 0.717) is 17.6 Å². The van der Waals surface area contributed by atoms with Crippen molar-refractivity contribution in [2.75, 3.05) is 24.5 Å². The zero-order valence-corrected chi connectivity index (χ0v) is 19.9. The van der Waals surface area contributed by atoms with Crippen molar-refractivity contribution < 1.29 is 0 Å². The zero-order valence-electron chi connectivity index (χ0n) is 14.4. The second-order valence-corrected chi connectivity index (χ2v) is 8.74. The molecule has 0 aromatic carbocycles. The van der Waals surface area contributed by atoms with Crippen molar-refractivity contribution >= 4 is 74.6 Å². The second-order valence-electron chi connectivity index (χ2n) is 5.79. The molecule has 3 rings (SSSR count). The Kier molecular flexibility index (Phi) is 8.92. The van der Waals surface area contributed by atoms with Crippen LogP contribution < -0.4 is 15.5 Å². The highest BCUT2D eigenvalue weighted by atomic mass is 127. The molecule has 1 saturated heterocycles. The third-order valence-electron chi connectivity index (χ3n) is 3.93. The number of nitrogens with one attached hydrogen (secondary N) is 2. The average molecular weight is 571 g/mol. The van der Waals surface area contributed by atoms with Crippen LogP contribution in [0.15, 0.2) is 39.2 Å². The Bertz CT molecular complexity index is 741. The van der Waals surface area contributed by atoms with Crippen LogP contribution in [-0.2, 0) is 6.54 Å². The molecule has 9 heteroatoms. The van der Waals surface area contributed by atoms with Crippen molar-refractivity contribution in [2.45, 2.75) is 25.9 Å². The van der Waals surface area contributed by atoms with Gasteiger partial charge in [0.15, 0.2) is 5.96 Å². The van der Waals surface area contributed by atoms with Gasteiger partial charge in [0.1, 0.15) is 5.82 Å². The summed E-state index contributed by atoms with van der Waals surface area (Å²) >= 11 is 11.5. The largest absolute Gasteiger partial charge is 0.357 e. The van der Waals surface area contributed by atoms with Gasteiger partial charge < -0.3 is 15.5 Å². The average Bonchev–Trinajstić information content (AvgIpc) is 3.22. The van der Waals surface area contributed by atoms with E-state index in [1.807, 2.05) is 12.1 Å². The second kappa shape index (κ2) is 10.7. The van der Waals surface area contributed by atoms with Gasteiger partial charge in [-0.25, -0.2) is 9.98 Å². The lowest BCUT2D eigenvalue weighted by Gasteiger charge is -2.20. The maximum absolute atomic E-state index is 6.26. The highest BCUT2D eigenvalue weighted by molar-refractivity contribution is 14.0. The molecule has 0 aliphatic carbocycles. The smallest absolute Gasteiger partial charge is 0.191 e. The first-order valence-electron chi connectivity index (χ1n) is 8.30. The Morgan fingerprint density at radius 3 is 3.00 bits per heavy atom. The number of guanidine groups is 1. The van der Waals surface area contributed by atoms with E-state index in [4.69, 9.17) is 16.6 Å². The molecule has 0 amide bonds. The van der Waals surface area contributed by atoms with Crippen molar-refractivity contribution in [3.05, 3.63) is 44.1 Å². The minimum absolute atomic E-state index is 0. The molecule has 2 aromatic rings. The van der Waals surface area contributed by atoms with Crippen LogP contribution in [-0.4, -0.2) is 36.6 Å². The van der Waals surface area contributed by atoms with E-state index >= 15 is 0 Å². The first kappa shape index (κ1) is 21.7. The van der Waals surface area contributed by atoms with Gasteiger partial charge >= 0.3 is 0 Å². The molecule has 1 aliphatic rings. The quantitative estimate of drug-likeness (QED) is 0.316. The summed E-state index contributed by atoms with van der Waals surface area (Å²) in [7, 11) is 0. The van der Waals surface area contributed by atoms with E-state index in [-0.39, 0.29) is 24.0 Å². The Morgan fingerprint density at radius 2 is 2.31 bits per heavy atom. The van der Waals surface area contributed by atoms with Gasteiger partial charge in [-0.15, -0.1) is 35.3 Å². The number of aromatic nitrogens is 1. The highest BCUT2D eigenvalue weighted by Crippen LogP contribution is 2.26. The number of rotatable bonds is 5. The summed E-state index contributed by atoms with van der Waals surface area (Å²) in [5, 5.41) is 7.56. The minimum Gasteiger partial charge on any atom is -0.357 e. The molecule has 0 spiro atoms. The van der Waals surface area contributed by atoms with E-state index in [1.54, 1.807) is 17.5 Å². The molecule has 142 valence electrons. The van der Waals surface area contributed by atoms with Crippen LogP contribution >= 0.6 is 62.8 Å². The molecule has 26 heavy (non-hydrogen) atoms. The van der Waals surface area contributed by atoms with E-state index in [1.165, 1.54) is 4.88 Å². The molecule has 2 aromatic heterocycles. The standard InChI is InChI=1S/C17H21BrClN5S.HI/c1-2-20-17(22-10-13-5-6-15(18)25-13)23-12-7-9-24(11-12)16-14(19)4-3-8-21-16;/h3-6,8,12H,2,7,9-11H2,1H3,(H2,20,22,23);1H. The van der Waals surface area contributed by atoms with Crippen LogP contribution in [0.1, 0.15) is 18.2 Å². The Morgan fingerprint density at radius 1 is 1.46 bits per heavy atom. The molecule has 1 atom stereocenters. The van der Waals surface area contributed by atoms with E-state index in [9.17, 15) is 0 Å². The van der Waals surface area contributed by atoms with Crippen molar-refractivity contribution in [2.24, 2.45) is 4.99 Å². The van der Waals surface area contributed by atoms with Crippen molar-refractivity contribution in [3.8, 4) is 0 Å². The normalized spacial score (nSPS) is 17.1. The molecular formula is C17H22BrClIN5S. The number of hydrogen-bond donors (Lipinski definition) is 2. The number of halogens is 3. The number of thiophene rings is 1. The summed E-state index contributed by atoms with van der Waals surface area (Å²) in [6, 6.07) is 8.22. The lowest BCUT2D eigenvalue weighted by Crippen LogP contribution is -2.44. The van der Waals surface area contributed by atoms with Crippen molar-refractivity contribution in [1.29, 1.82) is 0 Å². The molecule has 1 fully saturated rings. The molecule has 1 unspecified atom stereocenters. The maximum atomic E-state index is 6.26. The molecule has 0 saturated carbocycles.